The summed E-state index contributed by atoms with van der Waals surface area (Å²) in [5.41, 5.74) is 5.34. The molecule has 14 heavy (non-hydrogen) atoms. The maximum Gasteiger partial charge on any atom is 0.134 e. The lowest BCUT2D eigenvalue weighted by molar-refractivity contribution is 0.640. The zero-order valence-electron chi connectivity index (χ0n) is 7.50. The molecule has 0 bridgehead atoms. The fourth-order valence-electron chi connectivity index (χ4n) is 1.41. The highest BCUT2D eigenvalue weighted by Crippen LogP contribution is 2.22. The number of hydrogen-bond acceptors (Lipinski definition) is 3. The van der Waals surface area contributed by atoms with Gasteiger partial charge in [-0.3, -0.25) is 0 Å². The first kappa shape index (κ1) is 8.90. The van der Waals surface area contributed by atoms with Crippen LogP contribution < -0.4 is 11.1 Å². The molecular formula is C10H10FN3. The first-order valence-electron chi connectivity index (χ1n) is 4.30. The lowest BCUT2D eigenvalue weighted by Gasteiger charge is -2.06. The smallest absolute Gasteiger partial charge is 0.134 e. The molecule has 0 radical (unpaired) electrons. The molecule has 0 unspecified atom stereocenters. The number of rotatable bonds is 2. The van der Waals surface area contributed by atoms with E-state index in [1.807, 2.05) is 6.07 Å². The third-order valence-electron chi connectivity index (χ3n) is 2.02. The lowest BCUT2D eigenvalue weighted by atomic mass is 10.1. The molecule has 1 aromatic carbocycles. The number of halogens is 1. The molecule has 1 aromatic heterocycles. The quantitative estimate of drug-likeness (QED) is 0.710. The van der Waals surface area contributed by atoms with Gasteiger partial charge in [0.25, 0.3) is 0 Å². The van der Waals surface area contributed by atoms with Gasteiger partial charge in [0.2, 0.25) is 0 Å². The number of aromatic nitrogens is 1. The molecule has 1 heterocycles. The predicted molar refractivity (Wildman–Crippen MR) is 54.4 cm³/mol. The van der Waals surface area contributed by atoms with Crippen LogP contribution in [0.15, 0.2) is 30.5 Å². The summed E-state index contributed by atoms with van der Waals surface area (Å²) >= 11 is 0. The Morgan fingerprint density at radius 2 is 2.14 bits per heavy atom. The van der Waals surface area contributed by atoms with E-state index in [9.17, 15) is 4.39 Å². The van der Waals surface area contributed by atoms with Crippen molar-refractivity contribution < 1.29 is 4.39 Å². The SMILES string of the molecule is NCNc1nccc2c(F)cccc12. The summed E-state index contributed by atoms with van der Waals surface area (Å²) < 4.78 is 13.3. The Labute approximate surface area is 80.8 Å². The third-order valence-corrected chi connectivity index (χ3v) is 2.02. The van der Waals surface area contributed by atoms with Crippen LogP contribution in [0.4, 0.5) is 10.2 Å². The molecule has 2 rings (SSSR count). The third kappa shape index (κ3) is 1.40. The van der Waals surface area contributed by atoms with E-state index in [1.54, 1.807) is 18.3 Å². The van der Waals surface area contributed by atoms with Crippen molar-refractivity contribution in [3.05, 3.63) is 36.3 Å². The van der Waals surface area contributed by atoms with Crippen molar-refractivity contribution in [1.82, 2.24) is 4.98 Å². The maximum atomic E-state index is 13.3. The van der Waals surface area contributed by atoms with Crippen LogP contribution in [0.25, 0.3) is 10.8 Å². The molecule has 0 saturated heterocycles. The van der Waals surface area contributed by atoms with Crippen molar-refractivity contribution in [2.24, 2.45) is 5.73 Å². The van der Waals surface area contributed by atoms with Gasteiger partial charge in [-0.15, -0.1) is 0 Å². The van der Waals surface area contributed by atoms with Gasteiger partial charge >= 0.3 is 0 Å². The Kier molecular flexibility index (Phi) is 2.28. The maximum absolute atomic E-state index is 13.3. The zero-order valence-corrected chi connectivity index (χ0v) is 7.50. The predicted octanol–water partition coefficient (Wildman–Crippen LogP) is 1.70. The second-order valence-electron chi connectivity index (χ2n) is 2.88. The number of anilines is 1. The van der Waals surface area contributed by atoms with Crippen LogP contribution >= 0.6 is 0 Å². The molecule has 3 N–H and O–H groups in total. The molecule has 0 amide bonds. The molecule has 3 nitrogen and oxygen atoms in total. The summed E-state index contributed by atoms with van der Waals surface area (Å²) in [6.07, 6.45) is 1.56. The second-order valence-corrected chi connectivity index (χ2v) is 2.88. The number of nitrogens with two attached hydrogens (primary N) is 1. The lowest BCUT2D eigenvalue weighted by Crippen LogP contribution is -2.12. The molecule has 72 valence electrons. The number of hydrogen-bond donors (Lipinski definition) is 2. The van der Waals surface area contributed by atoms with E-state index in [1.165, 1.54) is 6.07 Å². The standard InChI is InChI=1S/C10H10FN3/c11-9-3-1-2-8-7(9)4-5-13-10(8)14-6-12/h1-5H,6,12H2,(H,13,14). The molecular weight excluding hydrogens is 181 g/mol. The summed E-state index contributed by atoms with van der Waals surface area (Å²) in [5, 5.41) is 4.18. The summed E-state index contributed by atoms with van der Waals surface area (Å²) in [7, 11) is 0. The van der Waals surface area contributed by atoms with Crippen molar-refractivity contribution in [2.75, 3.05) is 12.0 Å². The first-order valence-corrected chi connectivity index (χ1v) is 4.30. The van der Waals surface area contributed by atoms with Crippen LogP contribution in [0.3, 0.4) is 0 Å². The van der Waals surface area contributed by atoms with Crippen molar-refractivity contribution in [1.29, 1.82) is 0 Å². The van der Waals surface area contributed by atoms with E-state index in [2.05, 4.69) is 10.3 Å². The van der Waals surface area contributed by atoms with Gasteiger partial charge in [-0.25, -0.2) is 9.37 Å². The van der Waals surface area contributed by atoms with Crippen LogP contribution in [-0.2, 0) is 0 Å². The van der Waals surface area contributed by atoms with Crippen LogP contribution in [0, 0.1) is 5.82 Å². The Bertz CT molecular complexity index is 456. The summed E-state index contributed by atoms with van der Waals surface area (Å²) in [6.45, 7) is 0.280. The minimum atomic E-state index is -0.245. The zero-order chi connectivity index (χ0) is 9.97. The van der Waals surface area contributed by atoms with E-state index >= 15 is 0 Å². The number of nitrogens with zero attached hydrogens (tertiary/aromatic N) is 1. The van der Waals surface area contributed by atoms with Crippen LogP contribution in [0.5, 0.6) is 0 Å². The summed E-state index contributed by atoms with van der Waals surface area (Å²) in [4.78, 5) is 4.08. The highest BCUT2D eigenvalue weighted by molar-refractivity contribution is 5.91. The average Bonchev–Trinajstić information content (AvgIpc) is 2.20. The normalized spacial score (nSPS) is 10.4. The second kappa shape index (κ2) is 3.59. The Hall–Kier alpha value is -1.68. The largest absolute Gasteiger partial charge is 0.357 e. The van der Waals surface area contributed by atoms with Gasteiger partial charge < -0.3 is 11.1 Å². The number of benzene rings is 1. The van der Waals surface area contributed by atoms with Gasteiger partial charge in [0.1, 0.15) is 11.6 Å². The van der Waals surface area contributed by atoms with E-state index in [-0.39, 0.29) is 12.5 Å². The molecule has 4 heteroatoms. The van der Waals surface area contributed by atoms with Gasteiger partial charge in [0.15, 0.2) is 0 Å². The molecule has 0 aliphatic rings. The molecule has 0 atom stereocenters. The van der Waals surface area contributed by atoms with Gasteiger partial charge in [-0.05, 0) is 12.1 Å². The fourth-order valence-corrected chi connectivity index (χ4v) is 1.41. The van der Waals surface area contributed by atoms with Crippen molar-refractivity contribution in [3.63, 3.8) is 0 Å². The van der Waals surface area contributed by atoms with Crippen molar-refractivity contribution in [3.8, 4) is 0 Å². The van der Waals surface area contributed by atoms with Crippen LogP contribution in [0.2, 0.25) is 0 Å². The Balaban J connectivity index is 2.68. The van der Waals surface area contributed by atoms with Gasteiger partial charge in [-0.2, -0.15) is 0 Å². The molecule has 0 fully saturated rings. The number of nitrogens with one attached hydrogen (secondary N) is 1. The Morgan fingerprint density at radius 3 is 2.93 bits per heavy atom. The van der Waals surface area contributed by atoms with Gasteiger partial charge in [0, 0.05) is 17.0 Å². The topological polar surface area (TPSA) is 50.9 Å². The molecule has 2 aromatic rings. The average molecular weight is 191 g/mol. The molecule has 0 aliphatic heterocycles. The Morgan fingerprint density at radius 1 is 1.29 bits per heavy atom. The van der Waals surface area contributed by atoms with E-state index in [4.69, 9.17) is 5.73 Å². The highest BCUT2D eigenvalue weighted by Gasteiger charge is 2.03. The molecule has 0 spiro atoms. The van der Waals surface area contributed by atoms with Crippen LogP contribution in [0.1, 0.15) is 0 Å². The molecule has 0 aliphatic carbocycles. The minimum absolute atomic E-state index is 0.245. The first-order chi connectivity index (χ1) is 6.83. The van der Waals surface area contributed by atoms with Gasteiger partial charge in [0.05, 0.1) is 6.67 Å². The summed E-state index contributed by atoms with van der Waals surface area (Å²) in [5.74, 6) is 0.370. The monoisotopic (exact) mass is 191 g/mol. The minimum Gasteiger partial charge on any atom is -0.357 e. The van der Waals surface area contributed by atoms with Crippen molar-refractivity contribution in [2.45, 2.75) is 0 Å². The number of fused-ring (bicyclic) bond motifs is 1. The van der Waals surface area contributed by atoms with E-state index in [0.29, 0.717) is 11.2 Å². The highest BCUT2D eigenvalue weighted by atomic mass is 19.1. The van der Waals surface area contributed by atoms with Gasteiger partial charge in [-0.1, -0.05) is 12.1 Å². The van der Waals surface area contributed by atoms with E-state index in [0.717, 1.165) is 5.39 Å². The molecule has 0 saturated carbocycles. The van der Waals surface area contributed by atoms with Crippen molar-refractivity contribution >= 4 is 16.6 Å². The van der Waals surface area contributed by atoms with E-state index < -0.39 is 0 Å². The fraction of sp³-hybridized carbons (Fsp3) is 0.100. The summed E-state index contributed by atoms with van der Waals surface area (Å²) in [6, 6.07) is 6.53. The number of pyridine rings is 1. The van der Waals surface area contributed by atoms with Crippen LogP contribution in [-0.4, -0.2) is 11.7 Å².